The van der Waals surface area contributed by atoms with Crippen LogP contribution < -0.4 is 10.1 Å². The van der Waals surface area contributed by atoms with Crippen molar-refractivity contribution in [1.82, 2.24) is 0 Å². The van der Waals surface area contributed by atoms with Crippen molar-refractivity contribution in [2.75, 3.05) is 11.9 Å². The molecule has 0 saturated heterocycles. The lowest BCUT2D eigenvalue weighted by Crippen LogP contribution is -2.19. The first-order valence-electron chi connectivity index (χ1n) is 6.30. The summed E-state index contributed by atoms with van der Waals surface area (Å²) < 4.78 is 41.5. The van der Waals surface area contributed by atoms with Crippen molar-refractivity contribution in [3.8, 4) is 5.75 Å². The van der Waals surface area contributed by atoms with E-state index >= 15 is 0 Å². The first-order valence-corrected chi connectivity index (χ1v) is 7.76. The number of benzene rings is 2. The van der Waals surface area contributed by atoms with Crippen molar-refractivity contribution < 1.29 is 22.7 Å². The lowest BCUT2D eigenvalue weighted by Gasteiger charge is -2.10. The largest absolute Gasteiger partial charge is 0.484 e. The summed E-state index contributed by atoms with van der Waals surface area (Å²) in [5.74, 6) is -0.293. The third kappa shape index (κ3) is 5.58. The average molecular weight is 456 g/mol. The Morgan fingerprint density at radius 1 is 1.17 bits per heavy atom. The van der Waals surface area contributed by atoms with Crippen molar-refractivity contribution in [2.45, 2.75) is 6.18 Å². The Labute approximate surface area is 148 Å². The molecule has 0 atom stereocenters. The summed E-state index contributed by atoms with van der Waals surface area (Å²) >= 11 is 7.88. The summed E-state index contributed by atoms with van der Waals surface area (Å²) in [5.41, 5.74) is 0.848. The molecule has 0 aliphatic carbocycles. The van der Waals surface area contributed by atoms with E-state index in [1.54, 1.807) is 18.2 Å². The van der Waals surface area contributed by atoms with Crippen LogP contribution in [0, 0.1) is 3.57 Å². The maximum absolute atomic E-state index is 12.2. The van der Waals surface area contributed by atoms with Gasteiger partial charge in [-0.2, -0.15) is 13.2 Å². The van der Waals surface area contributed by atoms with Crippen LogP contribution in [0.3, 0.4) is 0 Å². The molecule has 122 valence electrons. The van der Waals surface area contributed by atoms with Gasteiger partial charge in [-0.1, -0.05) is 11.6 Å². The highest BCUT2D eigenvalue weighted by atomic mass is 127. The molecule has 2 aromatic carbocycles. The van der Waals surface area contributed by atoms with E-state index in [4.69, 9.17) is 11.6 Å². The van der Waals surface area contributed by atoms with Crippen molar-refractivity contribution in [3.05, 3.63) is 56.6 Å². The number of alkyl halides is 3. The van der Waals surface area contributed by atoms with Gasteiger partial charge in [0, 0.05) is 14.3 Å². The van der Waals surface area contributed by atoms with Gasteiger partial charge in [-0.15, -0.1) is 0 Å². The minimum absolute atomic E-state index is 0.0673. The summed E-state index contributed by atoms with van der Waals surface area (Å²) in [6, 6.07) is 10.6. The highest BCUT2D eigenvalue weighted by molar-refractivity contribution is 14.1. The first-order chi connectivity index (χ1) is 10.7. The Morgan fingerprint density at radius 2 is 1.83 bits per heavy atom. The molecule has 23 heavy (non-hydrogen) atoms. The Morgan fingerprint density at radius 3 is 2.43 bits per heavy atom. The highest BCUT2D eigenvalue weighted by Crippen LogP contribution is 2.22. The topological polar surface area (TPSA) is 38.3 Å². The maximum atomic E-state index is 12.2. The smallest absolute Gasteiger partial charge is 0.422 e. The summed E-state index contributed by atoms with van der Waals surface area (Å²) in [4.78, 5) is 12.2. The van der Waals surface area contributed by atoms with Crippen LogP contribution >= 0.6 is 34.2 Å². The Hall–Kier alpha value is -1.48. The van der Waals surface area contributed by atoms with Gasteiger partial charge in [-0.25, -0.2) is 0 Å². The van der Waals surface area contributed by atoms with Crippen molar-refractivity contribution in [2.24, 2.45) is 0 Å². The average Bonchev–Trinajstić information content (AvgIpc) is 2.48. The molecule has 0 aromatic heterocycles. The molecule has 2 rings (SSSR count). The van der Waals surface area contributed by atoms with Gasteiger partial charge in [0.15, 0.2) is 6.61 Å². The Kier molecular flexibility index (Phi) is 5.74. The van der Waals surface area contributed by atoms with Crippen LogP contribution in [0.15, 0.2) is 42.5 Å². The normalized spacial score (nSPS) is 11.2. The molecule has 0 unspecified atom stereocenters. The number of anilines is 1. The van der Waals surface area contributed by atoms with E-state index in [9.17, 15) is 18.0 Å². The standard InChI is InChI=1S/C15H10ClF3INO2/c16-9-1-6-13(20)12(7-9)14(22)21-10-2-4-11(5-3-10)23-8-15(17,18)19/h1-7H,8H2,(H,21,22). The van der Waals surface area contributed by atoms with E-state index in [1.807, 2.05) is 22.6 Å². The van der Waals surface area contributed by atoms with Gasteiger partial charge in [0.05, 0.1) is 5.56 Å². The van der Waals surface area contributed by atoms with Crippen LogP contribution in [0.4, 0.5) is 18.9 Å². The fourth-order valence-electron chi connectivity index (χ4n) is 1.67. The first kappa shape index (κ1) is 17.9. The van der Waals surface area contributed by atoms with Crippen LogP contribution in [-0.2, 0) is 0 Å². The zero-order valence-corrected chi connectivity index (χ0v) is 14.4. The van der Waals surface area contributed by atoms with Crippen molar-refractivity contribution in [3.63, 3.8) is 0 Å². The van der Waals surface area contributed by atoms with E-state index in [0.29, 0.717) is 16.3 Å². The molecule has 0 radical (unpaired) electrons. The molecule has 0 heterocycles. The number of nitrogens with one attached hydrogen (secondary N) is 1. The van der Waals surface area contributed by atoms with E-state index < -0.39 is 12.8 Å². The second-order valence-corrected chi connectivity index (χ2v) is 6.11. The van der Waals surface area contributed by atoms with Gasteiger partial charge in [-0.3, -0.25) is 4.79 Å². The molecule has 0 fully saturated rings. The molecule has 0 aliphatic heterocycles. The number of hydrogen-bond acceptors (Lipinski definition) is 2. The fraction of sp³-hybridized carbons (Fsp3) is 0.133. The second kappa shape index (κ2) is 7.39. The lowest BCUT2D eigenvalue weighted by atomic mass is 10.2. The molecular formula is C15H10ClF3INO2. The number of hydrogen-bond donors (Lipinski definition) is 1. The highest BCUT2D eigenvalue weighted by Gasteiger charge is 2.28. The van der Waals surface area contributed by atoms with E-state index in [2.05, 4.69) is 10.1 Å². The zero-order chi connectivity index (χ0) is 17.0. The van der Waals surface area contributed by atoms with Crippen LogP contribution in [0.1, 0.15) is 10.4 Å². The van der Waals surface area contributed by atoms with Gasteiger partial charge < -0.3 is 10.1 Å². The summed E-state index contributed by atoms with van der Waals surface area (Å²) in [6.45, 7) is -1.36. The van der Waals surface area contributed by atoms with Gasteiger partial charge in [-0.05, 0) is 65.1 Å². The van der Waals surface area contributed by atoms with E-state index in [-0.39, 0.29) is 11.7 Å². The third-order valence-corrected chi connectivity index (χ3v) is 3.86. The zero-order valence-electron chi connectivity index (χ0n) is 11.5. The minimum atomic E-state index is -4.39. The number of halogens is 5. The molecule has 0 bridgehead atoms. The number of amides is 1. The van der Waals surface area contributed by atoms with E-state index in [0.717, 1.165) is 3.57 Å². The SMILES string of the molecule is O=C(Nc1ccc(OCC(F)(F)F)cc1)c1cc(Cl)ccc1I. The third-order valence-electron chi connectivity index (χ3n) is 2.69. The quantitative estimate of drug-likeness (QED) is 0.649. The molecule has 0 saturated carbocycles. The second-order valence-electron chi connectivity index (χ2n) is 4.51. The molecule has 0 aliphatic rings. The molecule has 0 spiro atoms. The van der Waals surface area contributed by atoms with Crippen LogP contribution in [0.2, 0.25) is 5.02 Å². The minimum Gasteiger partial charge on any atom is -0.484 e. The maximum Gasteiger partial charge on any atom is 0.422 e. The van der Waals surface area contributed by atoms with Crippen molar-refractivity contribution >= 4 is 45.8 Å². The van der Waals surface area contributed by atoms with Crippen LogP contribution in [0.5, 0.6) is 5.75 Å². The van der Waals surface area contributed by atoms with Gasteiger partial charge >= 0.3 is 6.18 Å². The molecule has 2 aromatic rings. The number of carbonyl (C=O) groups is 1. The summed E-state index contributed by atoms with van der Waals surface area (Å²) in [6.07, 6.45) is -4.39. The number of carbonyl (C=O) groups excluding carboxylic acids is 1. The van der Waals surface area contributed by atoms with Gasteiger partial charge in [0.25, 0.3) is 5.91 Å². The molecular weight excluding hydrogens is 446 g/mol. The van der Waals surface area contributed by atoms with Gasteiger partial charge in [0.1, 0.15) is 5.75 Å². The molecule has 1 amide bonds. The molecule has 1 N–H and O–H groups in total. The number of rotatable bonds is 4. The summed E-state index contributed by atoms with van der Waals surface area (Å²) in [7, 11) is 0. The lowest BCUT2D eigenvalue weighted by molar-refractivity contribution is -0.153. The predicted molar refractivity (Wildman–Crippen MR) is 90.1 cm³/mol. The fourth-order valence-corrected chi connectivity index (χ4v) is 2.42. The monoisotopic (exact) mass is 455 g/mol. The van der Waals surface area contributed by atoms with E-state index in [1.165, 1.54) is 24.3 Å². The van der Waals surface area contributed by atoms with Gasteiger partial charge in [0.2, 0.25) is 0 Å². The van der Waals surface area contributed by atoms with Crippen molar-refractivity contribution in [1.29, 1.82) is 0 Å². The number of ether oxygens (including phenoxy) is 1. The summed E-state index contributed by atoms with van der Waals surface area (Å²) in [5, 5.41) is 3.08. The Bertz CT molecular complexity index is 705. The Balaban J connectivity index is 2.03. The van der Waals surface area contributed by atoms with Crippen LogP contribution in [0.25, 0.3) is 0 Å². The molecule has 3 nitrogen and oxygen atoms in total. The predicted octanol–water partition coefficient (Wildman–Crippen LogP) is 5.14. The molecule has 8 heteroatoms. The van der Waals surface area contributed by atoms with Crippen LogP contribution in [-0.4, -0.2) is 18.7 Å².